The van der Waals surface area contributed by atoms with Gasteiger partial charge in [0.15, 0.2) is 6.54 Å². The van der Waals surface area contributed by atoms with Gasteiger partial charge < -0.3 is 20.3 Å². The van der Waals surface area contributed by atoms with Crippen molar-refractivity contribution in [2.75, 3.05) is 38.2 Å². The van der Waals surface area contributed by atoms with Crippen LogP contribution >= 0.6 is 0 Å². The predicted molar refractivity (Wildman–Crippen MR) is 127 cm³/mol. The van der Waals surface area contributed by atoms with E-state index in [0.717, 1.165) is 38.5 Å². The number of morpholine rings is 1. The van der Waals surface area contributed by atoms with Gasteiger partial charge in [0.1, 0.15) is 25.7 Å². The number of anilines is 1. The number of benzene rings is 3. The highest BCUT2D eigenvalue weighted by molar-refractivity contribution is 5.91. The number of hydrogen-bond acceptors (Lipinski definition) is 2. The monoisotopic (exact) mass is 431 g/mol. The van der Waals surface area contributed by atoms with Gasteiger partial charge in [-0.2, -0.15) is 0 Å². The second-order valence-electron chi connectivity index (χ2n) is 8.52. The predicted octanol–water partition coefficient (Wildman–Crippen LogP) is 1.70. The Balaban J connectivity index is 1.34. The summed E-state index contributed by atoms with van der Waals surface area (Å²) < 4.78 is 5.43. The Morgan fingerprint density at radius 3 is 2.28 bits per heavy atom. The average Bonchev–Trinajstić information content (AvgIpc) is 2.83. The van der Waals surface area contributed by atoms with E-state index in [1.54, 1.807) is 4.90 Å². The van der Waals surface area contributed by atoms with Crippen LogP contribution < -0.4 is 15.5 Å². The third kappa shape index (κ3) is 6.26. The molecule has 3 aromatic carbocycles. The van der Waals surface area contributed by atoms with E-state index in [2.05, 4.69) is 66.1 Å². The van der Waals surface area contributed by atoms with Crippen molar-refractivity contribution in [3.63, 3.8) is 0 Å². The molecule has 0 bridgehead atoms. The van der Waals surface area contributed by atoms with E-state index in [9.17, 15) is 4.79 Å². The molecule has 0 unspecified atom stereocenters. The lowest BCUT2D eigenvalue weighted by Crippen LogP contribution is -3.12. The zero-order chi connectivity index (χ0) is 22.2. The minimum Gasteiger partial charge on any atom is -0.370 e. The second-order valence-corrected chi connectivity index (χ2v) is 8.52. The molecule has 0 radical (unpaired) electrons. The van der Waals surface area contributed by atoms with Gasteiger partial charge in [-0.25, -0.2) is 0 Å². The molecule has 1 saturated heterocycles. The maximum absolute atomic E-state index is 12.7. The number of nitrogens with one attached hydrogen (secondary N) is 2. The summed E-state index contributed by atoms with van der Waals surface area (Å²) in [5.41, 5.74) is 5.76. The molecule has 0 aliphatic carbocycles. The van der Waals surface area contributed by atoms with E-state index >= 15 is 0 Å². The van der Waals surface area contributed by atoms with Crippen LogP contribution in [0.2, 0.25) is 0 Å². The fourth-order valence-electron chi connectivity index (χ4n) is 4.17. The topological polar surface area (TPSA) is 59.4 Å². The molecule has 1 aliphatic rings. The van der Waals surface area contributed by atoms with Crippen molar-refractivity contribution in [2.45, 2.75) is 19.5 Å². The Morgan fingerprint density at radius 1 is 0.938 bits per heavy atom. The zero-order valence-electron chi connectivity index (χ0n) is 18.7. The molecule has 4 N–H and O–H groups in total. The Kier molecular flexibility index (Phi) is 7.67. The normalized spacial score (nSPS) is 15.3. The molecule has 1 fully saturated rings. The van der Waals surface area contributed by atoms with E-state index in [1.165, 1.54) is 22.3 Å². The smallest absolute Gasteiger partial charge is 0.279 e. The molecule has 1 amide bonds. The zero-order valence-corrected chi connectivity index (χ0v) is 18.7. The van der Waals surface area contributed by atoms with Crippen LogP contribution in [0.3, 0.4) is 0 Å². The molecular formula is C27H33N3O2+2. The number of amides is 1. The lowest BCUT2D eigenvalue weighted by molar-refractivity contribution is -0.921. The lowest BCUT2D eigenvalue weighted by Gasteiger charge is -2.23. The third-order valence-electron chi connectivity index (χ3n) is 6.03. The van der Waals surface area contributed by atoms with Crippen molar-refractivity contribution < 1.29 is 19.7 Å². The second kappa shape index (κ2) is 11.0. The van der Waals surface area contributed by atoms with Crippen LogP contribution in [-0.2, 0) is 16.1 Å². The SMILES string of the molecule is Cc1ccc([C@H]([NH2+]CC(=O)Nc2ccc(C[NH+]3CCOCC3)cc2)c2ccccc2)cc1. The number of carbonyl (C=O) groups excluding carboxylic acids is 1. The van der Waals surface area contributed by atoms with Crippen molar-refractivity contribution in [1.82, 2.24) is 0 Å². The van der Waals surface area contributed by atoms with Gasteiger partial charge in [0, 0.05) is 22.4 Å². The van der Waals surface area contributed by atoms with Crippen LogP contribution in [0.15, 0.2) is 78.9 Å². The standard InChI is InChI=1S/C27H31N3O2/c1-21-7-11-24(12-8-21)27(23-5-3-2-4-6-23)28-19-26(31)29-25-13-9-22(10-14-25)20-30-15-17-32-18-16-30/h2-14,27-28H,15-20H2,1H3,(H,29,31)/p+2/t27-/m1/s1. The molecule has 1 heterocycles. The number of hydrogen-bond donors (Lipinski definition) is 3. The lowest BCUT2D eigenvalue weighted by atomic mass is 9.98. The molecule has 3 aromatic rings. The molecular weight excluding hydrogens is 398 g/mol. The van der Waals surface area contributed by atoms with E-state index in [1.807, 2.05) is 30.3 Å². The maximum atomic E-state index is 12.7. The summed E-state index contributed by atoms with van der Waals surface area (Å²) >= 11 is 0. The van der Waals surface area contributed by atoms with Crippen molar-refractivity contribution >= 4 is 11.6 Å². The van der Waals surface area contributed by atoms with Gasteiger partial charge >= 0.3 is 0 Å². The van der Waals surface area contributed by atoms with Crippen LogP contribution in [0.5, 0.6) is 0 Å². The summed E-state index contributed by atoms with van der Waals surface area (Å²) in [6, 6.07) is 27.2. The molecule has 0 aromatic heterocycles. The number of quaternary nitrogens is 2. The minimum absolute atomic E-state index is 0.00426. The highest BCUT2D eigenvalue weighted by Crippen LogP contribution is 2.18. The van der Waals surface area contributed by atoms with Gasteiger partial charge in [0.05, 0.1) is 13.2 Å². The highest BCUT2D eigenvalue weighted by Gasteiger charge is 2.19. The molecule has 0 saturated carbocycles. The number of nitrogens with two attached hydrogens (primary N) is 1. The summed E-state index contributed by atoms with van der Waals surface area (Å²) in [7, 11) is 0. The van der Waals surface area contributed by atoms with Crippen LogP contribution in [-0.4, -0.2) is 38.8 Å². The van der Waals surface area contributed by atoms with E-state index in [0.29, 0.717) is 6.54 Å². The summed E-state index contributed by atoms with van der Waals surface area (Å²) in [5, 5.41) is 5.15. The van der Waals surface area contributed by atoms with Crippen LogP contribution in [0, 0.1) is 6.92 Å². The van der Waals surface area contributed by atoms with Crippen LogP contribution in [0.1, 0.15) is 28.3 Å². The molecule has 4 rings (SSSR count). The van der Waals surface area contributed by atoms with E-state index in [-0.39, 0.29) is 11.9 Å². The first kappa shape index (κ1) is 22.2. The Morgan fingerprint density at radius 2 is 1.59 bits per heavy atom. The van der Waals surface area contributed by atoms with Gasteiger partial charge in [-0.15, -0.1) is 0 Å². The summed E-state index contributed by atoms with van der Waals surface area (Å²) in [6.45, 7) is 7.23. The van der Waals surface area contributed by atoms with Gasteiger partial charge in [0.2, 0.25) is 0 Å². The molecule has 0 spiro atoms. The number of ether oxygens (including phenoxy) is 1. The van der Waals surface area contributed by atoms with Crippen molar-refractivity contribution in [3.8, 4) is 0 Å². The van der Waals surface area contributed by atoms with Crippen LogP contribution in [0.25, 0.3) is 0 Å². The van der Waals surface area contributed by atoms with Crippen molar-refractivity contribution in [2.24, 2.45) is 0 Å². The Hall–Kier alpha value is -2.99. The molecule has 1 aliphatic heterocycles. The first-order chi connectivity index (χ1) is 15.7. The summed E-state index contributed by atoms with van der Waals surface area (Å²) in [4.78, 5) is 14.2. The average molecular weight is 432 g/mol. The first-order valence-electron chi connectivity index (χ1n) is 11.4. The van der Waals surface area contributed by atoms with Gasteiger partial charge in [-0.1, -0.05) is 72.3 Å². The summed E-state index contributed by atoms with van der Waals surface area (Å²) in [6.07, 6.45) is 0. The third-order valence-corrected chi connectivity index (χ3v) is 6.03. The quantitative estimate of drug-likeness (QED) is 0.509. The molecule has 5 heteroatoms. The minimum atomic E-state index is 0.00426. The Labute approximate surface area is 190 Å². The first-order valence-corrected chi connectivity index (χ1v) is 11.4. The number of aryl methyl sites for hydroxylation is 1. The maximum Gasteiger partial charge on any atom is 0.279 e. The fourth-order valence-corrected chi connectivity index (χ4v) is 4.17. The summed E-state index contributed by atoms with van der Waals surface area (Å²) in [5.74, 6) is 0.00426. The molecule has 32 heavy (non-hydrogen) atoms. The molecule has 5 nitrogen and oxygen atoms in total. The fraction of sp³-hybridized carbons (Fsp3) is 0.296. The van der Waals surface area contributed by atoms with Crippen molar-refractivity contribution in [3.05, 3.63) is 101 Å². The van der Waals surface area contributed by atoms with Crippen LogP contribution in [0.4, 0.5) is 5.69 Å². The largest absolute Gasteiger partial charge is 0.370 e. The van der Waals surface area contributed by atoms with Crippen molar-refractivity contribution in [1.29, 1.82) is 0 Å². The Bertz CT molecular complexity index is 982. The van der Waals surface area contributed by atoms with E-state index in [4.69, 9.17) is 4.74 Å². The van der Waals surface area contributed by atoms with Gasteiger partial charge in [0.25, 0.3) is 5.91 Å². The molecule has 1 atom stereocenters. The number of carbonyl (C=O) groups is 1. The molecule has 166 valence electrons. The number of rotatable bonds is 8. The highest BCUT2D eigenvalue weighted by atomic mass is 16.5. The van der Waals surface area contributed by atoms with Gasteiger partial charge in [-0.05, 0) is 19.1 Å². The van der Waals surface area contributed by atoms with E-state index < -0.39 is 0 Å². The van der Waals surface area contributed by atoms with Gasteiger partial charge in [-0.3, -0.25) is 4.79 Å².